The summed E-state index contributed by atoms with van der Waals surface area (Å²) in [5.74, 6) is 2.73. The van der Waals surface area contributed by atoms with E-state index < -0.39 is 0 Å². The molecule has 1 saturated carbocycles. The monoisotopic (exact) mass is 249 g/mol. The Morgan fingerprint density at radius 2 is 1.94 bits per heavy atom. The first-order chi connectivity index (χ1) is 8.81. The molecule has 18 heavy (non-hydrogen) atoms. The Morgan fingerprint density at radius 1 is 1.11 bits per heavy atom. The minimum Gasteiger partial charge on any atom is -0.315 e. The molecule has 1 aliphatic heterocycles. The van der Waals surface area contributed by atoms with Crippen LogP contribution in [0.15, 0.2) is 12.2 Å². The van der Waals surface area contributed by atoms with E-state index in [2.05, 4.69) is 34.3 Å². The number of fused-ring (bicyclic) bond motifs is 2. The molecule has 2 aliphatic carbocycles. The Labute approximate surface area is 111 Å². The highest BCUT2D eigenvalue weighted by Gasteiger charge is 2.34. The Morgan fingerprint density at radius 3 is 2.61 bits per heavy atom. The van der Waals surface area contributed by atoms with Crippen molar-refractivity contribution in [2.45, 2.75) is 12.8 Å². The molecule has 0 radical (unpaired) electrons. The summed E-state index contributed by atoms with van der Waals surface area (Å²) in [7, 11) is 2.22. The average Bonchev–Trinajstić information content (AvgIpc) is 2.99. The van der Waals surface area contributed by atoms with E-state index in [4.69, 9.17) is 0 Å². The normalized spacial score (nSPS) is 36.6. The van der Waals surface area contributed by atoms with Crippen molar-refractivity contribution in [2.75, 3.05) is 52.9 Å². The zero-order valence-corrected chi connectivity index (χ0v) is 11.6. The summed E-state index contributed by atoms with van der Waals surface area (Å²) in [6.07, 6.45) is 7.76. The van der Waals surface area contributed by atoms with Gasteiger partial charge in [-0.25, -0.2) is 0 Å². The number of rotatable bonds is 5. The Kier molecular flexibility index (Phi) is 4.02. The minimum absolute atomic E-state index is 0.895. The minimum atomic E-state index is 0.895. The van der Waals surface area contributed by atoms with Crippen LogP contribution in [0.3, 0.4) is 0 Å². The lowest BCUT2D eigenvalue weighted by Crippen LogP contribution is -2.46. The second-order valence-electron chi connectivity index (χ2n) is 6.39. The summed E-state index contributed by atoms with van der Waals surface area (Å²) < 4.78 is 0. The second-order valence-corrected chi connectivity index (χ2v) is 6.39. The maximum Gasteiger partial charge on any atom is 0.0110 e. The second kappa shape index (κ2) is 5.72. The Hall–Kier alpha value is -0.380. The van der Waals surface area contributed by atoms with E-state index >= 15 is 0 Å². The van der Waals surface area contributed by atoms with Crippen LogP contribution in [0.5, 0.6) is 0 Å². The third kappa shape index (κ3) is 2.95. The smallest absolute Gasteiger partial charge is 0.0110 e. The van der Waals surface area contributed by atoms with Crippen LogP contribution >= 0.6 is 0 Å². The van der Waals surface area contributed by atoms with Gasteiger partial charge in [0, 0.05) is 39.3 Å². The van der Waals surface area contributed by atoms with E-state index in [1.165, 1.54) is 58.7 Å². The Balaban J connectivity index is 1.28. The number of nitrogens with zero attached hydrogens (tertiary/aromatic N) is 2. The van der Waals surface area contributed by atoms with Crippen LogP contribution in [0.4, 0.5) is 0 Å². The van der Waals surface area contributed by atoms with Gasteiger partial charge in [-0.1, -0.05) is 12.2 Å². The molecule has 0 aromatic carbocycles. The van der Waals surface area contributed by atoms with Crippen molar-refractivity contribution in [1.82, 2.24) is 15.1 Å². The molecule has 0 spiro atoms. The van der Waals surface area contributed by atoms with Gasteiger partial charge in [0.1, 0.15) is 0 Å². The number of hydrogen-bond donors (Lipinski definition) is 1. The summed E-state index contributed by atoms with van der Waals surface area (Å²) in [5, 5.41) is 3.68. The summed E-state index contributed by atoms with van der Waals surface area (Å²) in [5.41, 5.74) is 0. The lowest BCUT2D eigenvalue weighted by atomic mass is 9.94. The van der Waals surface area contributed by atoms with Gasteiger partial charge in [0.25, 0.3) is 0 Å². The molecule has 2 fully saturated rings. The van der Waals surface area contributed by atoms with Crippen LogP contribution in [0.2, 0.25) is 0 Å². The standard InChI is InChI=1S/C15H27N3/c1-17-6-8-18(9-7-17)5-4-16-12-15-11-13-2-3-14(15)10-13/h2-3,13-16H,4-12H2,1H3. The number of allylic oxidation sites excluding steroid dienone is 2. The molecule has 3 heteroatoms. The molecule has 2 bridgehead atoms. The third-order valence-corrected chi connectivity index (χ3v) is 5.02. The fraction of sp³-hybridized carbons (Fsp3) is 0.867. The largest absolute Gasteiger partial charge is 0.315 e. The first-order valence-electron chi connectivity index (χ1n) is 7.61. The molecular formula is C15H27N3. The highest BCUT2D eigenvalue weighted by Crippen LogP contribution is 2.42. The summed E-state index contributed by atoms with van der Waals surface area (Å²) in [6.45, 7) is 8.59. The van der Waals surface area contributed by atoms with Crippen molar-refractivity contribution < 1.29 is 0 Å². The van der Waals surface area contributed by atoms with Gasteiger partial charge >= 0.3 is 0 Å². The van der Waals surface area contributed by atoms with Crippen LogP contribution in [0.1, 0.15) is 12.8 Å². The van der Waals surface area contributed by atoms with Gasteiger partial charge < -0.3 is 10.2 Å². The molecule has 3 rings (SSSR count). The van der Waals surface area contributed by atoms with Gasteiger partial charge in [0.2, 0.25) is 0 Å². The van der Waals surface area contributed by atoms with Crippen molar-refractivity contribution in [3.8, 4) is 0 Å². The van der Waals surface area contributed by atoms with Crippen LogP contribution < -0.4 is 5.32 Å². The van der Waals surface area contributed by atoms with Gasteiger partial charge in [-0.05, 0) is 44.2 Å². The predicted octanol–water partition coefficient (Wildman–Crippen LogP) is 1.04. The first-order valence-corrected chi connectivity index (χ1v) is 7.61. The quantitative estimate of drug-likeness (QED) is 0.580. The molecule has 3 atom stereocenters. The summed E-state index contributed by atoms with van der Waals surface area (Å²) >= 11 is 0. The van der Waals surface area contributed by atoms with Crippen molar-refractivity contribution in [3.05, 3.63) is 12.2 Å². The molecule has 1 saturated heterocycles. The predicted molar refractivity (Wildman–Crippen MR) is 75.7 cm³/mol. The molecule has 0 aromatic heterocycles. The lowest BCUT2D eigenvalue weighted by Gasteiger charge is -2.32. The summed E-state index contributed by atoms with van der Waals surface area (Å²) in [4.78, 5) is 5.01. The topological polar surface area (TPSA) is 18.5 Å². The molecule has 3 aliphatic rings. The number of hydrogen-bond acceptors (Lipinski definition) is 3. The summed E-state index contributed by atoms with van der Waals surface area (Å²) in [6, 6.07) is 0. The highest BCUT2D eigenvalue weighted by molar-refractivity contribution is 5.10. The van der Waals surface area contributed by atoms with Crippen LogP contribution in [-0.2, 0) is 0 Å². The van der Waals surface area contributed by atoms with E-state index in [1.807, 2.05) is 0 Å². The van der Waals surface area contributed by atoms with Crippen molar-refractivity contribution in [3.63, 3.8) is 0 Å². The fourth-order valence-corrected chi connectivity index (χ4v) is 3.73. The van der Waals surface area contributed by atoms with Crippen LogP contribution in [0.25, 0.3) is 0 Å². The van der Waals surface area contributed by atoms with Gasteiger partial charge in [-0.15, -0.1) is 0 Å². The zero-order chi connectivity index (χ0) is 12.4. The van der Waals surface area contributed by atoms with Crippen molar-refractivity contribution in [1.29, 1.82) is 0 Å². The fourth-order valence-electron chi connectivity index (χ4n) is 3.73. The van der Waals surface area contributed by atoms with E-state index in [0.29, 0.717) is 0 Å². The average molecular weight is 249 g/mol. The maximum atomic E-state index is 3.68. The Bertz CT molecular complexity index is 294. The third-order valence-electron chi connectivity index (χ3n) is 5.02. The number of nitrogens with one attached hydrogen (secondary N) is 1. The molecule has 0 aromatic rings. The van der Waals surface area contributed by atoms with E-state index in [1.54, 1.807) is 0 Å². The van der Waals surface area contributed by atoms with Crippen molar-refractivity contribution in [2.24, 2.45) is 17.8 Å². The van der Waals surface area contributed by atoms with Crippen molar-refractivity contribution >= 4 is 0 Å². The molecule has 3 nitrogen and oxygen atoms in total. The van der Waals surface area contributed by atoms with Gasteiger partial charge in [-0.2, -0.15) is 0 Å². The molecule has 0 amide bonds. The van der Waals surface area contributed by atoms with Gasteiger partial charge in [-0.3, -0.25) is 4.90 Å². The molecule has 1 heterocycles. The van der Waals surface area contributed by atoms with E-state index in [-0.39, 0.29) is 0 Å². The molecule has 102 valence electrons. The van der Waals surface area contributed by atoms with Crippen LogP contribution in [-0.4, -0.2) is 62.7 Å². The maximum absolute atomic E-state index is 3.68. The van der Waals surface area contributed by atoms with Gasteiger partial charge in [0.05, 0.1) is 0 Å². The van der Waals surface area contributed by atoms with E-state index in [9.17, 15) is 0 Å². The van der Waals surface area contributed by atoms with E-state index in [0.717, 1.165) is 17.8 Å². The van der Waals surface area contributed by atoms with Crippen LogP contribution in [0, 0.1) is 17.8 Å². The number of likely N-dealkylation sites (N-methyl/N-ethyl adjacent to an activating group) is 1. The first kappa shape index (κ1) is 12.6. The van der Waals surface area contributed by atoms with Gasteiger partial charge in [0.15, 0.2) is 0 Å². The number of piperazine rings is 1. The zero-order valence-electron chi connectivity index (χ0n) is 11.6. The lowest BCUT2D eigenvalue weighted by molar-refractivity contribution is 0.154. The molecular weight excluding hydrogens is 222 g/mol. The molecule has 1 N–H and O–H groups in total. The molecule has 3 unspecified atom stereocenters. The highest BCUT2D eigenvalue weighted by atomic mass is 15.2. The SMILES string of the molecule is CN1CCN(CCNCC2CC3C=CC2C3)CC1.